The Kier molecular flexibility index (Phi) is 1.88. The van der Waals surface area contributed by atoms with Crippen LogP contribution in [-0.4, -0.2) is 26.3 Å². The number of fused-ring (bicyclic) bond motifs is 1. The summed E-state index contributed by atoms with van der Waals surface area (Å²) in [5, 5.41) is 13.3. The Bertz CT molecular complexity index is 328. The van der Waals surface area contributed by atoms with E-state index >= 15 is 0 Å². The molecule has 5 heteroatoms. The summed E-state index contributed by atoms with van der Waals surface area (Å²) in [5.74, 6) is 1.87. The Morgan fingerprint density at radius 2 is 2.33 bits per heavy atom. The van der Waals surface area contributed by atoms with Crippen molar-refractivity contribution in [2.45, 2.75) is 25.4 Å². The van der Waals surface area contributed by atoms with Crippen molar-refractivity contribution in [2.24, 2.45) is 5.10 Å². The minimum atomic E-state index is 0.879. The molecule has 1 aromatic heterocycles. The second-order valence-corrected chi connectivity index (χ2v) is 3.63. The second kappa shape index (κ2) is 2.90. The highest BCUT2D eigenvalue weighted by molar-refractivity contribution is 7.99. The zero-order valence-electron chi connectivity index (χ0n) is 7.11. The lowest BCUT2D eigenvalue weighted by Gasteiger charge is -2.09. The van der Waals surface area contributed by atoms with Crippen molar-refractivity contribution in [1.29, 1.82) is 0 Å². The van der Waals surface area contributed by atoms with Crippen LogP contribution < -0.4 is 0 Å². The van der Waals surface area contributed by atoms with Gasteiger partial charge in [-0.3, -0.25) is 0 Å². The summed E-state index contributed by atoms with van der Waals surface area (Å²) in [6.07, 6.45) is 0.879. The van der Waals surface area contributed by atoms with E-state index in [9.17, 15) is 0 Å². The molecule has 0 radical (unpaired) electrons. The van der Waals surface area contributed by atoms with Gasteiger partial charge in [0.1, 0.15) is 0 Å². The number of aromatic nitrogens is 3. The summed E-state index contributed by atoms with van der Waals surface area (Å²) < 4.78 is 1.84. The molecule has 1 aliphatic heterocycles. The van der Waals surface area contributed by atoms with Gasteiger partial charge in [0, 0.05) is 17.9 Å². The van der Waals surface area contributed by atoms with E-state index in [2.05, 4.69) is 22.2 Å². The van der Waals surface area contributed by atoms with E-state index in [0.717, 1.165) is 28.9 Å². The predicted molar refractivity (Wildman–Crippen MR) is 48.6 cm³/mol. The zero-order chi connectivity index (χ0) is 8.55. The quantitative estimate of drug-likeness (QED) is 0.654. The smallest absolute Gasteiger partial charge is 0.192 e. The fraction of sp³-hybridized carbons (Fsp3) is 0.571. The molecular formula is C7H10N4S. The maximum Gasteiger partial charge on any atom is 0.212 e. The van der Waals surface area contributed by atoms with Crippen molar-refractivity contribution >= 4 is 17.5 Å². The van der Waals surface area contributed by atoms with E-state index in [0.29, 0.717) is 0 Å². The van der Waals surface area contributed by atoms with Gasteiger partial charge in [0.05, 0.1) is 0 Å². The highest BCUT2D eigenvalue weighted by atomic mass is 32.2. The lowest BCUT2D eigenvalue weighted by Crippen LogP contribution is -2.09. The van der Waals surface area contributed by atoms with E-state index in [-0.39, 0.29) is 0 Å². The van der Waals surface area contributed by atoms with Gasteiger partial charge in [0.25, 0.3) is 0 Å². The van der Waals surface area contributed by atoms with Crippen LogP contribution in [0.1, 0.15) is 19.7 Å². The number of aryl methyl sites for hydroxylation is 1. The summed E-state index contributed by atoms with van der Waals surface area (Å²) in [7, 11) is 0. The van der Waals surface area contributed by atoms with Crippen molar-refractivity contribution in [3.05, 3.63) is 5.82 Å². The maximum atomic E-state index is 4.36. The SMILES string of the molecule is CCc1nnc2n1N=C(C)CS2. The standard InChI is InChI=1S/C7H10N4S/c1-3-6-8-9-7-11(6)10-5(2)4-12-7/h3-4H2,1-2H3. The van der Waals surface area contributed by atoms with Crippen LogP contribution in [0.4, 0.5) is 0 Å². The molecule has 0 N–H and O–H groups in total. The van der Waals surface area contributed by atoms with Gasteiger partial charge in [-0.2, -0.15) is 9.78 Å². The number of rotatable bonds is 1. The van der Waals surface area contributed by atoms with Gasteiger partial charge in [-0.15, -0.1) is 10.2 Å². The Balaban J connectivity index is 2.49. The Morgan fingerprint density at radius 1 is 1.50 bits per heavy atom. The summed E-state index contributed by atoms with van der Waals surface area (Å²) in [6, 6.07) is 0. The molecule has 0 saturated carbocycles. The molecule has 0 amide bonds. The fourth-order valence-electron chi connectivity index (χ4n) is 1.08. The van der Waals surface area contributed by atoms with Crippen LogP contribution in [0, 0.1) is 0 Å². The van der Waals surface area contributed by atoms with Gasteiger partial charge in [-0.05, 0) is 6.92 Å². The van der Waals surface area contributed by atoms with Crippen LogP contribution >= 0.6 is 11.8 Å². The van der Waals surface area contributed by atoms with Gasteiger partial charge in [-0.25, -0.2) is 0 Å². The van der Waals surface area contributed by atoms with Gasteiger partial charge in [0.15, 0.2) is 5.82 Å². The van der Waals surface area contributed by atoms with Crippen LogP contribution in [0.25, 0.3) is 0 Å². The first-order valence-electron chi connectivity index (χ1n) is 3.93. The molecule has 0 bridgehead atoms. The number of thioether (sulfide) groups is 1. The molecule has 1 aromatic rings. The average Bonchev–Trinajstić information content (AvgIpc) is 2.46. The second-order valence-electron chi connectivity index (χ2n) is 2.69. The van der Waals surface area contributed by atoms with Gasteiger partial charge >= 0.3 is 0 Å². The van der Waals surface area contributed by atoms with Gasteiger partial charge in [-0.1, -0.05) is 18.7 Å². The molecular weight excluding hydrogens is 172 g/mol. The lowest BCUT2D eigenvalue weighted by molar-refractivity contribution is 0.713. The Labute approximate surface area is 75.1 Å². The topological polar surface area (TPSA) is 43.1 Å². The third kappa shape index (κ3) is 1.14. The Hall–Kier alpha value is -0.840. The largest absolute Gasteiger partial charge is 0.212 e. The van der Waals surface area contributed by atoms with Crippen LogP contribution in [0.15, 0.2) is 10.3 Å². The van der Waals surface area contributed by atoms with E-state index in [1.54, 1.807) is 11.8 Å². The zero-order valence-corrected chi connectivity index (χ0v) is 7.93. The van der Waals surface area contributed by atoms with Gasteiger partial charge < -0.3 is 0 Å². The van der Waals surface area contributed by atoms with E-state index in [4.69, 9.17) is 0 Å². The van der Waals surface area contributed by atoms with E-state index < -0.39 is 0 Å². The molecule has 2 rings (SSSR count). The van der Waals surface area contributed by atoms with Crippen LogP contribution in [-0.2, 0) is 6.42 Å². The predicted octanol–water partition coefficient (Wildman–Crippen LogP) is 1.17. The molecule has 0 spiro atoms. The molecule has 0 saturated heterocycles. The van der Waals surface area contributed by atoms with Crippen molar-refractivity contribution < 1.29 is 0 Å². The van der Waals surface area contributed by atoms with E-state index in [1.165, 1.54) is 0 Å². The van der Waals surface area contributed by atoms with Crippen LogP contribution in [0.3, 0.4) is 0 Å². The summed E-state index contributed by atoms with van der Waals surface area (Å²) >= 11 is 1.69. The minimum Gasteiger partial charge on any atom is -0.192 e. The third-order valence-corrected chi connectivity index (χ3v) is 2.75. The minimum absolute atomic E-state index is 0.879. The Morgan fingerprint density at radius 3 is 3.08 bits per heavy atom. The molecule has 0 aromatic carbocycles. The number of nitrogens with zero attached hydrogens (tertiary/aromatic N) is 4. The molecule has 12 heavy (non-hydrogen) atoms. The first kappa shape index (κ1) is 7.79. The molecule has 0 unspecified atom stereocenters. The summed E-state index contributed by atoms with van der Waals surface area (Å²) in [4.78, 5) is 0. The van der Waals surface area contributed by atoms with Crippen LogP contribution in [0.2, 0.25) is 0 Å². The molecule has 1 aliphatic rings. The molecule has 0 atom stereocenters. The molecule has 0 fully saturated rings. The lowest BCUT2D eigenvalue weighted by atomic mass is 10.5. The van der Waals surface area contributed by atoms with Crippen molar-refractivity contribution in [1.82, 2.24) is 14.9 Å². The normalized spacial score (nSPS) is 15.7. The number of hydrogen-bond donors (Lipinski definition) is 0. The van der Waals surface area contributed by atoms with Crippen LogP contribution in [0.5, 0.6) is 0 Å². The van der Waals surface area contributed by atoms with Gasteiger partial charge in [0.2, 0.25) is 5.16 Å². The maximum absolute atomic E-state index is 4.36. The van der Waals surface area contributed by atoms with Crippen molar-refractivity contribution in [2.75, 3.05) is 5.75 Å². The summed E-state index contributed by atoms with van der Waals surface area (Å²) in [6.45, 7) is 4.08. The van der Waals surface area contributed by atoms with Crippen molar-refractivity contribution in [3.63, 3.8) is 0 Å². The number of hydrogen-bond acceptors (Lipinski definition) is 4. The fourth-order valence-corrected chi connectivity index (χ4v) is 1.84. The van der Waals surface area contributed by atoms with E-state index in [1.807, 2.05) is 11.6 Å². The highest BCUT2D eigenvalue weighted by Crippen LogP contribution is 2.21. The monoisotopic (exact) mass is 182 g/mol. The average molecular weight is 182 g/mol. The van der Waals surface area contributed by atoms with Crippen molar-refractivity contribution in [3.8, 4) is 0 Å². The molecule has 0 aliphatic carbocycles. The molecule has 4 nitrogen and oxygen atoms in total. The summed E-state index contributed by atoms with van der Waals surface area (Å²) in [5.41, 5.74) is 1.13. The molecule has 64 valence electrons. The highest BCUT2D eigenvalue weighted by Gasteiger charge is 2.14. The third-order valence-electron chi connectivity index (χ3n) is 1.67. The molecule has 2 heterocycles. The first-order valence-corrected chi connectivity index (χ1v) is 4.91. The first-order chi connectivity index (χ1) is 5.81.